The number of hydrogen-bond acceptors (Lipinski definition) is 2. The summed E-state index contributed by atoms with van der Waals surface area (Å²) >= 11 is 3.47. The third-order valence-electron chi connectivity index (χ3n) is 2.19. The van der Waals surface area contributed by atoms with Gasteiger partial charge in [0.1, 0.15) is 5.69 Å². The number of halogens is 1. The van der Waals surface area contributed by atoms with Crippen LogP contribution in [0, 0.1) is 0 Å². The highest BCUT2D eigenvalue weighted by Crippen LogP contribution is 2.16. The van der Waals surface area contributed by atoms with Crippen molar-refractivity contribution in [2.75, 3.05) is 0 Å². The van der Waals surface area contributed by atoms with Crippen molar-refractivity contribution < 1.29 is 4.74 Å². The summed E-state index contributed by atoms with van der Waals surface area (Å²) in [7, 11) is 0. The van der Waals surface area contributed by atoms with E-state index < -0.39 is 0 Å². The molecule has 3 nitrogen and oxygen atoms in total. The number of ether oxygens (including phenoxy) is 1. The first-order valence-electron chi connectivity index (χ1n) is 5.00. The van der Waals surface area contributed by atoms with Gasteiger partial charge in [0, 0.05) is 12.7 Å². The van der Waals surface area contributed by atoms with E-state index in [9.17, 15) is 0 Å². The maximum atomic E-state index is 5.61. The minimum Gasteiger partial charge on any atom is -0.372 e. The Kier molecular flexibility index (Phi) is 4.62. The maximum absolute atomic E-state index is 5.61. The van der Waals surface area contributed by atoms with Gasteiger partial charge in [0.05, 0.1) is 17.2 Å². The van der Waals surface area contributed by atoms with Crippen molar-refractivity contribution in [2.45, 2.75) is 46.4 Å². The molecule has 1 atom stereocenters. The average Bonchev–Trinajstić information content (AvgIpc) is 2.55. The highest BCUT2D eigenvalue weighted by atomic mass is 79.9. The molecule has 0 bridgehead atoms. The van der Waals surface area contributed by atoms with Crippen LogP contribution in [0.15, 0.2) is 10.7 Å². The largest absolute Gasteiger partial charge is 0.372 e. The molecule has 80 valence electrons. The van der Waals surface area contributed by atoms with Gasteiger partial charge in [-0.3, -0.25) is 4.68 Å². The zero-order chi connectivity index (χ0) is 10.6. The van der Waals surface area contributed by atoms with Crippen LogP contribution in [-0.4, -0.2) is 15.9 Å². The Morgan fingerprint density at radius 1 is 1.57 bits per heavy atom. The van der Waals surface area contributed by atoms with E-state index in [1.165, 1.54) is 0 Å². The van der Waals surface area contributed by atoms with Crippen LogP contribution in [-0.2, 0) is 17.9 Å². The Morgan fingerprint density at radius 3 is 2.79 bits per heavy atom. The van der Waals surface area contributed by atoms with Crippen LogP contribution >= 0.6 is 15.9 Å². The SMILES string of the molecule is CC[C@@H](C)OCc1nn(CC)cc1Br. The molecule has 0 aliphatic heterocycles. The van der Waals surface area contributed by atoms with Crippen molar-refractivity contribution in [1.29, 1.82) is 0 Å². The molecular formula is C10H17BrN2O. The van der Waals surface area contributed by atoms with E-state index in [1.54, 1.807) is 0 Å². The van der Waals surface area contributed by atoms with Gasteiger partial charge in [0.25, 0.3) is 0 Å². The van der Waals surface area contributed by atoms with E-state index in [0.29, 0.717) is 12.7 Å². The Labute approximate surface area is 93.6 Å². The average molecular weight is 261 g/mol. The van der Waals surface area contributed by atoms with Crippen molar-refractivity contribution in [3.8, 4) is 0 Å². The van der Waals surface area contributed by atoms with Crippen molar-refractivity contribution in [2.24, 2.45) is 0 Å². The van der Waals surface area contributed by atoms with E-state index in [4.69, 9.17) is 4.74 Å². The third-order valence-corrected chi connectivity index (χ3v) is 2.85. The van der Waals surface area contributed by atoms with Crippen LogP contribution in [0.2, 0.25) is 0 Å². The predicted molar refractivity (Wildman–Crippen MR) is 60.1 cm³/mol. The fraction of sp³-hybridized carbons (Fsp3) is 0.700. The lowest BCUT2D eigenvalue weighted by atomic mass is 10.3. The fourth-order valence-corrected chi connectivity index (χ4v) is 1.47. The standard InChI is InChI=1S/C10H17BrN2O/c1-4-8(3)14-7-10-9(11)6-13(5-2)12-10/h6,8H,4-5,7H2,1-3H3/t8-/m1/s1. The number of nitrogens with zero attached hydrogens (tertiary/aromatic N) is 2. The molecule has 4 heteroatoms. The van der Waals surface area contributed by atoms with Gasteiger partial charge in [0.2, 0.25) is 0 Å². The highest BCUT2D eigenvalue weighted by Gasteiger charge is 2.07. The molecule has 0 aromatic carbocycles. The summed E-state index contributed by atoms with van der Waals surface area (Å²) in [6.45, 7) is 7.73. The lowest BCUT2D eigenvalue weighted by Crippen LogP contribution is -2.07. The second kappa shape index (κ2) is 5.51. The molecule has 14 heavy (non-hydrogen) atoms. The van der Waals surface area contributed by atoms with Gasteiger partial charge >= 0.3 is 0 Å². The lowest BCUT2D eigenvalue weighted by Gasteiger charge is -2.08. The second-order valence-corrected chi connectivity index (χ2v) is 4.16. The molecule has 1 heterocycles. The van der Waals surface area contributed by atoms with E-state index in [2.05, 4.69) is 41.8 Å². The van der Waals surface area contributed by atoms with Crippen molar-refractivity contribution in [1.82, 2.24) is 9.78 Å². The predicted octanol–water partition coefficient (Wildman–Crippen LogP) is 2.98. The maximum Gasteiger partial charge on any atom is 0.102 e. The van der Waals surface area contributed by atoms with Gasteiger partial charge in [-0.1, -0.05) is 6.92 Å². The number of aryl methyl sites for hydroxylation is 1. The monoisotopic (exact) mass is 260 g/mol. The van der Waals surface area contributed by atoms with Crippen LogP contribution in [0.25, 0.3) is 0 Å². The normalized spacial score (nSPS) is 13.1. The molecule has 0 aliphatic rings. The Morgan fingerprint density at radius 2 is 2.29 bits per heavy atom. The number of rotatable bonds is 5. The van der Waals surface area contributed by atoms with Gasteiger partial charge < -0.3 is 4.74 Å². The summed E-state index contributed by atoms with van der Waals surface area (Å²) < 4.78 is 8.54. The fourth-order valence-electron chi connectivity index (χ4n) is 1.04. The summed E-state index contributed by atoms with van der Waals surface area (Å²) in [5, 5.41) is 4.38. The first kappa shape index (κ1) is 11.7. The Hall–Kier alpha value is -0.350. The van der Waals surface area contributed by atoms with E-state index >= 15 is 0 Å². The third kappa shape index (κ3) is 3.10. The topological polar surface area (TPSA) is 27.1 Å². The molecule has 1 aromatic heterocycles. The van der Waals surface area contributed by atoms with Crippen LogP contribution in [0.4, 0.5) is 0 Å². The minimum atomic E-state index is 0.300. The van der Waals surface area contributed by atoms with E-state index in [-0.39, 0.29) is 0 Å². The summed E-state index contributed by atoms with van der Waals surface area (Å²) in [5.74, 6) is 0. The molecule has 1 aromatic rings. The van der Waals surface area contributed by atoms with Crippen molar-refractivity contribution in [3.63, 3.8) is 0 Å². The van der Waals surface area contributed by atoms with Crippen LogP contribution in [0.5, 0.6) is 0 Å². The lowest BCUT2D eigenvalue weighted by molar-refractivity contribution is 0.0483. The minimum absolute atomic E-state index is 0.300. The first-order chi connectivity index (χ1) is 6.67. The Bertz CT molecular complexity index is 286. The first-order valence-corrected chi connectivity index (χ1v) is 5.80. The number of hydrogen-bond donors (Lipinski definition) is 0. The zero-order valence-electron chi connectivity index (χ0n) is 8.96. The molecule has 0 aliphatic carbocycles. The van der Waals surface area contributed by atoms with Crippen LogP contribution < -0.4 is 0 Å². The molecule has 0 fully saturated rings. The van der Waals surface area contributed by atoms with Crippen molar-refractivity contribution >= 4 is 15.9 Å². The molecule has 0 amide bonds. The highest BCUT2D eigenvalue weighted by molar-refractivity contribution is 9.10. The molecular weight excluding hydrogens is 244 g/mol. The van der Waals surface area contributed by atoms with Gasteiger partial charge in [-0.15, -0.1) is 0 Å². The van der Waals surface area contributed by atoms with E-state index in [0.717, 1.165) is 23.1 Å². The molecule has 0 N–H and O–H groups in total. The summed E-state index contributed by atoms with van der Waals surface area (Å²) in [4.78, 5) is 0. The zero-order valence-corrected chi connectivity index (χ0v) is 10.5. The molecule has 0 unspecified atom stereocenters. The summed E-state index contributed by atoms with van der Waals surface area (Å²) in [5.41, 5.74) is 0.979. The smallest absolute Gasteiger partial charge is 0.102 e. The summed E-state index contributed by atoms with van der Waals surface area (Å²) in [6, 6.07) is 0. The molecule has 1 rings (SSSR count). The Balaban J connectivity index is 2.53. The van der Waals surface area contributed by atoms with Gasteiger partial charge in [-0.25, -0.2) is 0 Å². The number of aromatic nitrogens is 2. The van der Waals surface area contributed by atoms with Gasteiger partial charge in [-0.2, -0.15) is 5.10 Å². The van der Waals surface area contributed by atoms with Crippen LogP contribution in [0.3, 0.4) is 0 Å². The molecule has 0 spiro atoms. The second-order valence-electron chi connectivity index (χ2n) is 3.31. The molecule has 0 saturated heterocycles. The molecule has 0 radical (unpaired) electrons. The van der Waals surface area contributed by atoms with E-state index in [1.807, 2.05) is 10.9 Å². The quantitative estimate of drug-likeness (QED) is 0.814. The summed E-state index contributed by atoms with van der Waals surface area (Å²) in [6.07, 6.45) is 3.31. The van der Waals surface area contributed by atoms with Crippen molar-refractivity contribution in [3.05, 3.63) is 16.4 Å². The van der Waals surface area contributed by atoms with Crippen LogP contribution in [0.1, 0.15) is 32.9 Å². The van der Waals surface area contributed by atoms with Gasteiger partial charge in [-0.05, 0) is 36.2 Å². The molecule has 0 saturated carbocycles. The van der Waals surface area contributed by atoms with Gasteiger partial charge in [0.15, 0.2) is 0 Å².